The molecule has 0 radical (unpaired) electrons. The minimum absolute atomic E-state index is 0.00131. The predicted octanol–water partition coefficient (Wildman–Crippen LogP) is 4.83. The highest BCUT2D eigenvalue weighted by Crippen LogP contribution is 2.35. The number of para-hydroxylation sites is 1. The van der Waals surface area contributed by atoms with E-state index in [4.69, 9.17) is 0 Å². The number of amides is 1. The number of carbonyl (C=O) groups excluding carboxylic acids is 1. The number of H-pyrrole nitrogens is 1. The van der Waals surface area contributed by atoms with Gasteiger partial charge in [0.1, 0.15) is 10.6 Å². The summed E-state index contributed by atoms with van der Waals surface area (Å²) in [6.45, 7) is 1.96. The number of aromatic amines is 1. The zero-order valence-corrected chi connectivity index (χ0v) is 17.0. The minimum atomic E-state index is -0.499. The van der Waals surface area contributed by atoms with Gasteiger partial charge in [-0.1, -0.05) is 54.2 Å². The molecule has 0 atom stereocenters. The summed E-state index contributed by atoms with van der Waals surface area (Å²) in [5.41, 5.74) is 1.73. The monoisotopic (exact) mass is 425 g/mol. The fraction of sp³-hybridized carbons (Fsp3) is 0.0952. The lowest BCUT2D eigenvalue weighted by Gasteiger charge is -2.06. The molecule has 0 aliphatic rings. The van der Waals surface area contributed by atoms with Gasteiger partial charge in [0.05, 0.1) is 16.8 Å². The number of thioether (sulfide) groups is 1. The lowest BCUT2D eigenvalue weighted by molar-refractivity contribution is -0.113. The number of aromatic nitrogens is 2. The van der Waals surface area contributed by atoms with Gasteiger partial charge in [-0.15, -0.1) is 11.3 Å². The third-order valence-corrected chi connectivity index (χ3v) is 6.14. The second-order valence-corrected chi connectivity index (χ2v) is 8.43. The molecule has 2 aromatic heterocycles. The van der Waals surface area contributed by atoms with Crippen LogP contribution in [0.2, 0.25) is 0 Å². The van der Waals surface area contributed by atoms with Crippen molar-refractivity contribution in [2.75, 3.05) is 11.1 Å². The quantitative estimate of drug-likeness (QED) is 0.355. The van der Waals surface area contributed by atoms with Crippen molar-refractivity contribution in [1.29, 1.82) is 0 Å². The van der Waals surface area contributed by atoms with E-state index in [-0.39, 0.29) is 22.9 Å². The van der Waals surface area contributed by atoms with Crippen LogP contribution in [0.25, 0.3) is 21.3 Å². The number of nitrogens with one attached hydrogen (secondary N) is 2. The molecule has 0 unspecified atom stereocenters. The van der Waals surface area contributed by atoms with Crippen LogP contribution in [0.4, 0.5) is 10.1 Å². The second-order valence-electron chi connectivity index (χ2n) is 6.27. The molecule has 2 N–H and O–H groups in total. The van der Waals surface area contributed by atoms with Crippen molar-refractivity contribution in [3.05, 3.63) is 75.6 Å². The summed E-state index contributed by atoms with van der Waals surface area (Å²) in [6, 6.07) is 15.7. The lowest BCUT2D eigenvalue weighted by atomic mass is 10.0. The van der Waals surface area contributed by atoms with E-state index in [1.165, 1.54) is 23.5 Å². The largest absolute Gasteiger partial charge is 0.323 e. The first-order valence-electron chi connectivity index (χ1n) is 8.79. The Morgan fingerprint density at radius 2 is 1.90 bits per heavy atom. The van der Waals surface area contributed by atoms with Gasteiger partial charge in [-0.3, -0.25) is 9.59 Å². The van der Waals surface area contributed by atoms with E-state index in [9.17, 15) is 14.0 Å². The maximum atomic E-state index is 13.6. The highest BCUT2D eigenvalue weighted by atomic mass is 32.2. The Kier molecular flexibility index (Phi) is 5.46. The number of thiophene rings is 1. The van der Waals surface area contributed by atoms with Gasteiger partial charge in [-0.25, -0.2) is 9.37 Å². The summed E-state index contributed by atoms with van der Waals surface area (Å²) in [5.74, 6) is -0.880. The van der Waals surface area contributed by atoms with E-state index in [0.717, 1.165) is 27.8 Å². The summed E-state index contributed by atoms with van der Waals surface area (Å²) >= 11 is 2.55. The van der Waals surface area contributed by atoms with Gasteiger partial charge < -0.3 is 10.3 Å². The normalized spacial score (nSPS) is 11.0. The number of carbonyl (C=O) groups is 1. The molecule has 2 aromatic carbocycles. The van der Waals surface area contributed by atoms with Crippen LogP contribution in [0, 0.1) is 12.7 Å². The third-order valence-electron chi connectivity index (χ3n) is 4.27. The first kappa shape index (κ1) is 19.4. The van der Waals surface area contributed by atoms with Crippen molar-refractivity contribution in [3.63, 3.8) is 0 Å². The first-order valence-corrected chi connectivity index (χ1v) is 10.6. The molecule has 2 heterocycles. The van der Waals surface area contributed by atoms with Crippen LogP contribution in [-0.4, -0.2) is 21.6 Å². The Morgan fingerprint density at radius 3 is 2.66 bits per heavy atom. The molecule has 8 heteroatoms. The van der Waals surface area contributed by atoms with Crippen LogP contribution in [-0.2, 0) is 4.79 Å². The molecule has 29 heavy (non-hydrogen) atoms. The Labute approximate surface area is 174 Å². The highest BCUT2D eigenvalue weighted by molar-refractivity contribution is 7.99. The first-order chi connectivity index (χ1) is 14.0. The molecule has 0 bridgehead atoms. The topological polar surface area (TPSA) is 74.8 Å². The number of hydrogen-bond acceptors (Lipinski definition) is 5. The number of fused-ring (bicyclic) bond motifs is 1. The molecular weight excluding hydrogens is 409 g/mol. The average Bonchev–Trinajstić information content (AvgIpc) is 3.05. The standard InChI is InChI=1S/C21H16FN3O2S2/c1-12-17(13-7-3-2-4-8-13)18-19(27)24-21(25-20(18)29-12)28-11-16(26)23-15-10-6-5-9-14(15)22/h2-10H,11H2,1H3,(H,23,26)(H,24,25,27). The summed E-state index contributed by atoms with van der Waals surface area (Å²) in [5, 5.41) is 3.42. The van der Waals surface area contributed by atoms with Crippen molar-refractivity contribution in [1.82, 2.24) is 9.97 Å². The number of nitrogens with zero attached hydrogens (tertiary/aromatic N) is 1. The van der Waals surface area contributed by atoms with Crippen molar-refractivity contribution in [2.24, 2.45) is 0 Å². The number of anilines is 1. The van der Waals surface area contributed by atoms with Crippen LogP contribution >= 0.6 is 23.1 Å². The molecule has 0 saturated carbocycles. The molecular formula is C21H16FN3O2S2. The smallest absolute Gasteiger partial charge is 0.260 e. The minimum Gasteiger partial charge on any atom is -0.323 e. The van der Waals surface area contributed by atoms with Gasteiger partial charge in [0.2, 0.25) is 5.91 Å². The van der Waals surface area contributed by atoms with Crippen LogP contribution in [0.15, 0.2) is 64.5 Å². The van der Waals surface area contributed by atoms with Crippen molar-refractivity contribution >= 4 is 44.9 Å². The van der Waals surface area contributed by atoms with Gasteiger partial charge >= 0.3 is 0 Å². The molecule has 4 rings (SSSR count). The van der Waals surface area contributed by atoms with E-state index in [2.05, 4.69) is 15.3 Å². The second kappa shape index (κ2) is 8.18. The lowest BCUT2D eigenvalue weighted by Crippen LogP contribution is -2.16. The molecule has 4 aromatic rings. The summed E-state index contributed by atoms with van der Waals surface area (Å²) in [4.78, 5) is 33.7. The molecule has 0 spiro atoms. The fourth-order valence-electron chi connectivity index (χ4n) is 3.00. The van der Waals surface area contributed by atoms with Crippen molar-refractivity contribution < 1.29 is 9.18 Å². The third kappa shape index (κ3) is 4.08. The Hall–Kier alpha value is -2.97. The molecule has 0 aliphatic heterocycles. The zero-order valence-electron chi connectivity index (χ0n) is 15.4. The molecule has 0 fully saturated rings. The summed E-state index contributed by atoms with van der Waals surface area (Å²) in [7, 11) is 0. The number of halogens is 1. The average molecular weight is 426 g/mol. The highest BCUT2D eigenvalue weighted by Gasteiger charge is 2.17. The maximum Gasteiger partial charge on any atom is 0.260 e. The molecule has 0 saturated heterocycles. The van der Waals surface area contributed by atoms with Crippen LogP contribution in [0.3, 0.4) is 0 Å². The summed E-state index contributed by atoms with van der Waals surface area (Å²) < 4.78 is 13.6. The van der Waals surface area contributed by atoms with E-state index in [0.29, 0.717) is 15.4 Å². The Morgan fingerprint density at radius 1 is 1.17 bits per heavy atom. The number of aryl methyl sites for hydroxylation is 1. The van der Waals surface area contributed by atoms with E-state index < -0.39 is 5.82 Å². The number of benzene rings is 2. The van der Waals surface area contributed by atoms with Gasteiger partial charge in [0, 0.05) is 10.4 Å². The molecule has 0 aliphatic carbocycles. The van der Waals surface area contributed by atoms with Gasteiger partial charge in [0.25, 0.3) is 5.56 Å². The van der Waals surface area contributed by atoms with E-state index in [1.807, 2.05) is 37.3 Å². The Bertz CT molecular complexity index is 1250. The Balaban J connectivity index is 1.56. The SMILES string of the molecule is Cc1sc2nc(SCC(=O)Nc3ccccc3F)[nH]c(=O)c2c1-c1ccccc1. The zero-order chi connectivity index (χ0) is 20.4. The predicted molar refractivity (Wildman–Crippen MR) is 116 cm³/mol. The fourth-order valence-corrected chi connectivity index (χ4v) is 4.77. The van der Waals surface area contributed by atoms with Crippen LogP contribution in [0.1, 0.15) is 4.88 Å². The van der Waals surface area contributed by atoms with Crippen molar-refractivity contribution in [3.8, 4) is 11.1 Å². The molecule has 1 amide bonds. The summed E-state index contributed by atoms with van der Waals surface area (Å²) in [6.07, 6.45) is 0. The van der Waals surface area contributed by atoms with E-state index >= 15 is 0 Å². The number of rotatable bonds is 5. The van der Waals surface area contributed by atoms with Crippen LogP contribution in [0.5, 0.6) is 0 Å². The van der Waals surface area contributed by atoms with Gasteiger partial charge in [0.15, 0.2) is 5.16 Å². The molecule has 5 nitrogen and oxygen atoms in total. The number of hydrogen-bond donors (Lipinski definition) is 2. The van der Waals surface area contributed by atoms with Gasteiger partial charge in [-0.05, 0) is 24.6 Å². The van der Waals surface area contributed by atoms with Gasteiger partial charge in [-0.2, -0.15) is 0 Å². The van der Waals surface area contributed by atoms with E-state index in [1.54, 1.807) is 12.1 Å². The molecule has 146 valence electrons. The van der Waals surface area contributed by atoms with Crippen molar-refractivity contribution in [2.45, 2.75) is 12.1 Å². The maximum absolute atomic E-state index is 13.6. The van der Waals surface area contributed by atoms with Crippen LogP contribution < -0.4 is 10.9 Å².